The van der Waals surface area contributed by atoms with E-state index in [2.05, 4.69) is 4.98 Å². The molecule has 1 fully saturated rings. The summed E-state index contributed by atoms with van der Waals surface area (Å²) in [5, 5.41) is 0. The molecule has 0 atom stereocenters. The van der Waals surface area contributed by atoms with Gasteiger partial charge in [-0.3, -0.25) is 0 Å². The third-order valence-corrected chi connectivity index (χ3v) is 2.60. The number of aromatic nitrogens is 2. The van der Waals surface area contributed by atoms with Crippen LogP contribution in [0.4, 0.5) is 0 Å². The van der Waals surface area contributed by atoms with Crippen LogP contribution in [0.1, 0.15) is 12.8 Å². The lowest BCUT2D eigenvalue weighted by atomic mass is 10.5. The second kappa shape index (κ2) is 4.07. The van der Waals surface area contributed by atoms with Gasteiger partial charge in [0.05, 0.1) is 6.61 Å². The molecule has 0 spiro atoms. The summed E-state index contributed by atoms with van der Waals surface area (Å²) in [7, 11) is 0. The van der Waals surface area contributed by atoms with Gasteiger partial charge in [-0.1, -0.05) is 0 Å². The second-order valence-electron chi connectivity index (χ2n) is 3.48. The van der Waals surface area contributed by atoms with Crippen LogP contribution in [0.25, 0.3) is 0 Å². The molecule has 1 saturated carbocycles. The predicted molar refractivity (Wildman–Crippen MR) is 53.2 cm³/mol. The van der Waals surface area contributed by atoms with E-state index in [0.717, 1.165) is 30.4 Å². The first kappa shape index (κ1) is 8.97. The van der Waals surface area contributed by atoms with Gasteiger partial charge in [0, 0.05) is 25.5 Å². The molecular weight excluding hydrogens is 184 g/mol. The number of nitrogens with one attached hydrogen (secondary N) is 1. The summed E-state index contributed by atoms with van der Waals surface area (Å²) in [5.41, 5.74) is 0. The van der Waals surface area contributed by atoms with Crippen molar-refractivity contribution >= 4 is 12.2 Å². The van der Waals surface area contributed by atoms with Crippen molar-refractivity contribution in [3.05, 3.63) is 17.2 Å². The standard InChI is InChI=1S/C9H14N2OS/c13-9-10-3-4-11(9)5-6-12-7-8-1-2-8/h3-4,8H,1-2,5-7H2,(H,10,13). The van der Waals surface area contributed by atoms with Crippen LogP contribution in [0.15, 0.2) is 12.4 Å². The lowest BCUT2D eigenvalue weighted by Gasteiger charge is -2.03. The summed E-state index contributed by atoms with van der Waals surface area (Å²) in [6.45, 7) is 2.55. The summed E-state index contributed by atoms with van der Waals surface area (Å²) in [6.07, 6.45) is 6.50. The molecule has 0 bridgehead atoms. The maximum absolute atomic E-state index is 5.50. The van der Waals surface area contributed by atoms with E-state index in [1.54, 1.807) is 0 Å². The summed E-state index contributed by atoms with van der Waals surface area (Å²) in [4.78, 5) is 2.95. The van der Waals surface area contributed by atoms with Crippen LogP contribution in [-0.2, 0) is 11.3 Å². The van der Waals surface area contributed by atoms with Crippen molar-refractivity contribution in [2.24, 2.45) is 5.92 Å². The van der Waals surface area contributed by atoms with Crippen LogP contribution in [0.3, 0.4) is 0 Å². The second-order valence-corrected chi connectivity index (χ2v) is 3.86. The van der Waals surface area contributed by atoms with E-state index < -0.39 is 0 Å². The molecule has 2 rings (SSSR count). The molecule has 1 aromatic heterocycles. The van der Waals surface area contributed by atoms with Crippen molar-refractivity contribution in [2.45, 2.75) is 19.4 Å². The van der Waals surface area contributed by atoms with Crippen molar-refractivity contribution in [2.75, 3.05) is 13.2 Å². The Labute approximate surface area is 82.7 Å². The molecule has 0 aromatic carbocycles. The zero-order valence-corrected chi connectivity index (χ0v) is 8.35. The summed E-state index contributed by atoms with van der Waals surface area (Å²) in [6, 6.07) is 0. The quantitative estimate of drug-likeness (QED) is 0.579. The maximum Gasteiger partial charge on any atom is 0.177 e. The lowest BCUT2D eigenvalue weighted by Crippen LogP contribution is -2.06. The van der Waals surface area contributed by atoms with Gasteiger partial charge in [-0.05, 0) is 31.0 Å². The van der Waals surface area contributed by atoms with Crippen molar-refractivity contribution in [3.63, 3.8) is 0 Å². The van der Waals surface area contributed by atoms with Crippen molar-refractivity contribution in [1.82, 2.24) is 9.55 Å². The van der Waals surface area contributed by atoms with Crippen LogP contribution >= 0.6 is 12.2 Å². The largest absolute Gasteiger partial charge is 0.379 e. The van der Waals surface area contributed by atoms with Crippen molar-refractivity contribution in [1.29, 1.82) is 0 Å². The number of nitrogens with zero attached hydrogens (tertiary/aromatic N) is 1. The van der Waals surface area contributed by atoms with E-state index in [1.807, 2.05) is 17.0 Å². The number of hydrogen-bond donors (Lipinski definition) is 1. The Bertz CT molecular complexity index is 313. The molecule has 1 aromatic rings. The van der Waals surface area contributed by atoms with Gasteiger partial charge in [-0.25, -0.2) is 0 Å². The zero-order chi connectivity index (χ0) is 9.10. The number of rotatable bonds is 5. The first-order valence-corrected chi connectivity index (χ1v) is 5.08. The van der Waals surface area contributed by atoms with Gasteiger partial charge in [0.25, 0.3) is 0 Å². The Hall–Kier alpha value is -0.610. The molecule has 0 aliphatic heterocycles. The van der Waals surface area contributed by atoms with E-state index in [0.29, 0.717) is 0 Å². The molecule has 1 aliphatic rings. The Morgan fingerprint density at radius 3 is 3.08 bits per heavy atom. The topological polar surface area (TPSA) is 29.9 Å². The normalized spacial score (nSPS) is 16.3. The fraction of sp³-hybridized carbons (Fsp3) is 0.667. The summed E-state index contributed by atoms with van der Waals surface area (Å²) in [5.74, 6) is 0.846. The fourth-order valence-electron chi connectivity index (χ4n) is 1.22. The molecule has 0 unspecified atom stereocenters. The van der Waals surface area contributed by atoms with Gasteiger partial charge in [0.1, 0.15) is 0 Å². The van der Waals surface area contributed by atoms with Gasteiger partial charge in [0.15, 0.2) is 4.77 Å². The van der Waals surface area contributed by atoms with Gasteiger partial charge < -0.3 is 14.3 Å². The van der Waals surface area contributed by atoms with E-state index in [-0.39, 0.29) is 0 Å². The zero-order valence-electron chi connectivity index (χ0n) is 7.53. The molecule has 1 aliphatic carbocycles. The predicted octanol–water partition coefficient (Wildman–Crippen LogP) is 1.97. The van der Waals surface area contributed by atoms with E-state index in [1.165, 1.54) is 12.8 Å². The van der Waals surface area contributed by atoms with Crippen LogP contribution in [0.2, 0.25) is 0 Å². The van der Waals surface area contributed by atoms with Crippen molar-refractivity contribution < 1.29 is 4.74 Å². The van der Waals surface area contributed by atoms with Crippen LogP contribution in [-0.4, -0.2) is 22.8 Å². The monoisotopic (exact) mass is 198 g/mol. The van der Waals surface area contributed by atoms with Crippen molar-refractivity contribution in [3.8, 4) is 0 Å². The molecule has 72 valence electrons. The highest BCUT2D eigenvalue weighted by molar-refractivity contribution is 7.71. The Morgan fingerprint density at radius 2 is 2.46 bits per heavy atom. The van der Waals surface area contributed by atoms with Crippen LogP contribution in [0.5, 0.6) is 0 Å². The minimum atomic E-state index is 0.767. The number of imidazole rings is 1. The molecule has 4 heteroatoms. The molecule has 3 nitrogen and oxygen atoms in total. The molecular formula is C9H14N2OS. The number of ether oxygens (including phenoxy) is 1. The highest BCUT2D eigenvalue weighted by atomic mass is 32.1. The van der Waals surface area contributed by atoms with E-state index >= 15 is 0 Å². The lowest BCUT2D eigenvalue weighted by molar-refractivity contribution is 0.116. The van der Waals surface area contributed by atoms with Crippen LogP contribution in [0, 0.1) is 10.7 Å². The number of H-pyrrole nitrogens is 1. The molecule has 1 heterocycles. The SMILES string of the molecule is S=c1[nH]ccn1CCOCC1CC1. The van der Waals surface area contributed by atoms with E-state index in [4.69, 9.17) is 17.0 Å². The summed E-state index contributed by atoms with van der Waals surface area (Å²) >= 11 is 5.05. The molecule has 13 heavy (non-hydrogen) atoms. The Balaban J connectivity index is 1.67. The first-order valence-electron chi connectivity index (χ1n) is 4.68. The fourth-order valence-corrected chi connectivity index (χ4v) is 1.44. The molecule has 0 saturated heterocycles. The third-order valence-electron chi connectivity index (χ3n) is 2.25. The van der Waals surface area contributed by atoms with Crippen LogP contribution < -0.4 is 0 Å². The molecule has 0 radical (unpaired) electrons. The average Bonchev–Trinajstić information content (AvgIpc) is 2.86. The smallest absolute Gasteiger partial charge is 0.177 e. The summed E-state index contributed by atoms with van der Waals surface area (Å²) < 4.78 is 8.27. The van der Waals surface area contributed by atoms with Gasteiger partial charge in [0.2, 0.25) is 0 Å². The number of hydrogen-bond acceptors (Lipinski definition) is 2. The molecule has 0 amide bonds. The Morgan fingerprint density at radius 1 is 1.62 bits per heavy atom. The highest BCUT2D eigenvalue weighted by Crippen LogP contribution is 2.28. The minimum Gasteiger partial charge on any atom is -0.379 e. The Kier molecular flexibility index (Phi) is 2.80. The molecule has 1 N–H and O–H groups in total. The first-order chi connectivity index (χ1) is 6.36. The maximum atomic E-state index is 5.50. The van der Waals surface area contributed by atoms with E-state index in [9.17, 15) is 0 Å². The number of aromatic amines is 1. The van der Waals surface area contributed by atoms with Gasteiger partial charge >= 0.3 is 0 Å². The highest BCUT2D eigenvalue weighted by Gasteiger charge is 2.20. The van der Waals surface area contributed by atoms with Gasteiger partial charge in [-0.15, -0.1) is 0 Å². The van der Waals surface area contributed by atoms with Gasteiger partial charge in [-0.2, -0.15) is 0 Å². The third kappa shape index (κ3) is 2.67. The average molecular weight is 198 g/mol. The minimum absolute atomic E-state index is 0.767.